The summed E-state index contributed by atoms with van der Waals surface area (Å²) in [6.07, 6.45) is -3.70. The lowest BCUT2D eigenvalue weighted by Gasteiger charge is -2.03. The van der Waals surface area contributed by atoms with Crippen LogP contribution in [-0.4, -0.2) is 17.1 Å². The summed E-state index contributed by atoms with van der Waals surface area (Å²) in [5.41, 5.74) is 0.216. The molecule has 2 N–H and O–H groups in total. The Bertz CT molecular complexity index is 413. The highest BCUT2D eigenvalue weighted by Crippen LogP contribution is 2.21. The Morgan fingerprint density at radius 3 is 2.50 bits per heavy atom. The topological polar surface area (TPSA) is 49.3 Å². The summed E-state index contributed by atoms with van der Waals surface area (Å²) in [4.78, 5) is 10.4. The molecule has 0 saturated carbocycles. The van der Waals surface area contributed by atoms with Crippen LogP contribution < -0.4 is 5.32 Å². The zero-order valence-electron chi connectivity index (χ0n) is 7.95. The molecule has 0 saturated heterocycles. The van der Waals surface area contributed by atoms with Crippen LogP contribution in [-0.2, 0) is 4.79 Å². The number of rotatable bonds is 3. The Labute approximate surface area is 89.2 Å². The van der Waals surface area contributed by atoms with Crippen LogP contribution in [0.3, 0.4) is 0 Å². The van der Waals surface area contributed by atoms with Crippen LogP contribution in [0.15, 0.2) is 36.5 Å². The quantitative estimate of drug-likeness (QED) is 0.620. The number of phenolic OH excluding ortho intramolecular Hbond substituents is 1. The molecule has 0 radical (unpaired) electrons. The summed E-state index contributed by atoms with van der Waals surface area (Å²) >= 11 is 0. The van der Waals surface area contributed by atoms with E-state index in [2.05, 4.69) is 5.32 Å². The third-order valence-electron chi connectivity index (χ3n) is 1.66. The smallest absolute Gasteiger partial charge is 0.454 e. The standard InChI is InChI=1S/C10H8F3NO2/c11-10(12,13)9(16)5-6-14-7-3-1-2-4-8(7)15/h1-6,14-15H/b6-5+. The first-order valence-electron chi connectivity index (χ1n) is 4.23. The van der Waals surface area contributed by atoms with Crippen molar-refractivity contribution in [3.05, 3.63) is 36.5 Å². The third-order valence-corrected chi connectivity index (χ3v) is 1.66. The molecule has 1 aromatic rings. The van der Waals surface area contributed by atoms with Crippen LogP contribution in [0.4, 0.5) is 18.9 Å². The van der Waals surface area contributed by atoms with Crippen molar-refractivity contribution in [3.8, 4) is 5.75 Å². The lowest BCUT2D eigenvalue weighted by molar-refractivity contribution is -0.165. The molecule has 0 aliphatic carbocycles. The van der Waals surface area contributed by atoms with Crippen molar-refractivity contribution in [1.82, 2.24) is 0 Å². The molecular weight excluding hydrogens is 223 g/mol. The molecule has 0 aliphatic heterocycles. The molecule has 16 heavy (non-hydrogen) atoms. The number of hydrogen-bond acceptors (Lipinski definition) is 3. The Morgan fingerprint density at radius 1 is 1.31 bits per heavy atom. The van der Waals surface area contributed by atoms with Gasteiger partial charge in [0.25, 0.3) is 5.78 Å². The number of para-hydroxylation sites is 2. The summed E-state index contributed by atoms with van der Waals surface area (Å²) in [5.74, 6) is -2.08. The minimum atomic E-state index is -4.88. The molecule has 0 aliphatic rings. The van der Waals surface area contributed by atoms with Crippen LogP contribution in [0.1, 0.15) is 0 Å². The molecule has 1 rings (SSSR count). The van der Waals surface area contributed by atoms with Crippen molar-refractivity contribution in [2.24, 2.45) is 0 Å². The molecule has 6 heteroatoms. The lowest BCUT2D eigenvalue weighted by atomic mass is 10.3. The van der Waals surface area contributed by atoms with E-state index in [0.717, 1.165) is 6.20 Å². The number of hydrogen-bond donors (Lipinski definition) is 2. The Morgan fingerprint density at radius 2 is 1.94 bits per heavy atom. The number of nitrogens with one attached hydrogen (secondary N) is 1. The first kappa shape index (κ1) is 12.1. The van der Waals surface area contributed by atoms with Gasteiger partial charge < -0.3 is 10.4 Å². The van der Waals surface area contributed by atoms with E-state index in [9.17, 15) is 23.1 Å². The van der Waals surface area contributed by atoms with Gasteiger partial charge in [-0.3, -0.25) is 4.79 Å². The molecule has 0 heterocycles. The van der Waals surface area contributed by atoms with Gasteiger partial charge >= 0.3 is 6.18 Å². The van der Waals surface area contributed by atoms with Gasteiger partial charge in [0.15, 0.2) is 0 Å². The van der Waals surface area contributed by atoms with Crippen LogP contribution in [0.5, 0.6) is 5.75 Å². The van der Waals surface area contributed by atoms with Gasteiger partial charge in [0.1, 0.15) is 5.75 Å². The molecule has 0 fully saturated rings. The highest BCUT2D eigenvalue weighted by molar-refractivity contribution is 5.94. The summed E-state index contributed by atoms with van der Waals surface area (Å²) in [6, 6.07) is 5.96. The average molecular weight is 231 g/mol. The summed E-state index contributed by atoms with van der Waals surface area (Å²) in [6.45, 7) is 0. The van der Waals surface area contributed by atoms with Crippen molar-refractivity contribution in [2.75, 3.05) is 5.32 Å². The van der Waals surface area contributed by atoms with E-state index in [1.54, 1.807) is 12.1 Å². The molecule has 0 spiro atoms. The largest absolute Gasteiger partial charge is 0.506 e. The fourth-order valence-corrected chi connectivity index (χ4v) is 0.897. The van der Waals surface area contributed by atoms with Gasteiger partial charge in [-0.2, -0.15) is 13.2 Å². The number of carbonyl (C=O) groups is 1. The second kappa shape index (κ2) is 4.69. The summed E-state index contributed by atoms with van der Waals surface area (Å²) in [7, 11) is 0. The second-order valence-corrected chi connectivity index (χ2v) is 2.86. The van der Waals surface area contributed by atoms with Crippen LogP contribution in [0.25, 0.3) is 0 Å². The van der Waals surface area contributed by atoms with Gasteiger partial charge in [-0.25, -0.2) is 0 Å². The van der Waals surface area contributed by atoms with Crippen molar-refractivity contribution in [3.63, 3.8) is 0 Å². The normalized spacial score (nSPS) is 11.7. The Balaban J connectivity index is 2.62. The lowest BCUT2D eigenvalue weighted by Crippen LogP contribution is -2.20. The van der Waals surface area contributed by atoms with E-state index < -0.39 is 12.0 Å². The van der Waals surface area contributed by atoms with Gasteiger partial charge in [0.2, 0.25) is 0 Å². The van der Waals surface area contributed by atoms with E-state index in [1.165, 1.54) is 12.1 Å². The first-order valence-corrected chi connectivity index (χ1v) is 4.23. The fraction of sp³-hybridized carbons (Fsp3) is 0.100. The van der Waals surface area contributed by atoms with Crippen LogP contribution in [0.2, 0.25) is 0 Å². The zero-order chi connectivity index (χ0) is 12.2. The average Bonchev–Trinajstić information content (AvgIpc) is 2.19. The minimum absolute atomic E-state index is 0.119. The number of alkyl halides is 3. The van der Waals surface area contributed by atoms with Crippen molar-refractivity contribution >= 4 is 11.5 Å². The fourth-order valence-electron chi connectivity index (χ4n) is 0.897. The monoisotopic (exact) mass is 231 g/mol. The molecule has 0 bridgehead atoms. The zero-order valence-corrected chi connectivity index (χ0v) is 7.95. The van der Waals surface area contributed by atoms with Gasteiger partial charge in [-0.1, -0.05) is 12.1 Å². The predicted octanol–water partition coefficient (Wildman–Crippen LogP) is 2.45. The van der Waals surface area contributed by atoms with E-state index >= 15 is 0 Å². The Hall–Kier alpha value is -1.98. The van der Waals surface area contributed by atoms with Gasteiger partial charge in [0.05, 0.1) is 5.69 Å². The van der Waals surface area contributed by atoms with E-state index in [4.69, 9.17) is 0 Å². The maximum Gasteiger partial charge on any atom is 0.454 e. The van der Waals surface area contributed by atoms with Crippen molar-refractivity contribution in [1.29, 1.82) is 0 Å². The predicted molar refractivity (Wildman–Crippen MR) is 51.9 cm³/mol. The number of allylic oxidation sites excluding steroid dienone is 1. The number of benzene rings is 1. The number of halogens is 3. The maximum atomic E-state index is 11.8. The number of anilines is 1. The van der Waals surface area contributed by atoms with Gasteiger partial charge in [-0.05, 0) is 12.1 Å². The SMILES string of the molecule is O=C(/C=C/Nc1ccccc1O)C(F)(F)F. The highest BCUT2D eigenvalue weighted by atomic mass is 19.4. The molecule has 0 amide bonds. The molecule has 86 valence electrons. The van der Waals surface area contributed by atoms with Crippen molar-refractivity contribution < 1.29 is 23.1 Å². The van der Waals surface area contributed by atoms with Crippen LogP contribution >= 0.6 is 0 Å². The number of carbonyl (C=O) groups excluding carboxylic acids is 1. The van der Waals surface area contributed by atoms with Crippen molar-refractivity contribution in [2.45, 2.75) is 6.18 Å². The molecular formula is C10H8F3NO2. The van der Waals surface area contributed by atoms with Crippen LogP contribution in [0, 0.1) is 0 Å². The molecule has 0 unspecified atom stereocenters. The van der Waals surface area contributed by atoms with E-state index in [-0.39, 0.29) is 11.4 Å². The molecule has 0 atom stereocenters. The van der Waals surface area contributed by atoms with E-state index in [0.29, 0.717) is 6.08 Å². The number of aromatic hydroxyl groups is 1. The minimum Gasteiger partial charge on any atom is -0.506 e. The number of phenols is 1. The third kappa shape index (κ3) is 3.30. The summed E-state index contributed by atoms with van der Waals surface area (Å²) in [5, 5.41) is 11.6. The molecule has 3 nitrogen and oxygen atoms in total. The first-order chi connectivity index (χ1) is 7.41. The van der Waals surface area contributed by atoms with E-state index in [1.807, 2.05) is 0 Å². The Kier molecular flexibility index (Phi) is 3.55. The second-order valence-electron chi connectivity index (χ2n) is 2.86. The summed E-state index contributed by atoms with van der Waals surface area (Å²) < 4.78 is 35.3. The molecule has 0 aromatic heterocycles. The van der Waals surface area contributed by atoms with Gasteiger partial charge in [0, 0.05) is 12.3 Å². The number of ketones is 1. The molecule has 1 aromatic carbocycles. The van der Waals surface area contributed by atoms with Gasteiger partial charge in [-0.15, -0.1) is 0 Å². The highest BCUT2D eigenvalue weighted by Gasteiger charge is 2.35. The maximum absolute atomic E-state index is 11.8.